The van der Waals surface area contributed by atoms with Gasteiger partial charge in [0.15, 0.2) is 6.04 Å². The molecule has 5 heteroatoms. The van der Waals surface area contributed by atoms with Crippen LogP contribution in [-0.4, -0.2) is 28.6 Å². The molecule has 0 spiro atoms. The van der Waals surface area contributed by atoms with Gasteiger partial charge in [0.1, 0.15) is 18.1 Å². The van der Waals surface area contributed by atoms with Gasteiger partial charge in [-0.1, -0.05) is 80.6 Å². The Labute approximate surface area is 217 Å². The van der Waals surface area contributed by atoms with E-state index in [1.165, 1.54) is 0 Å². The van der Waals surface area contributed by atoms with Gasteiger partial charge in [-0.15, -0.1) is 0 Å². The van der Waals surface area contributed by atoms with Crippen LogP contribution in [0.5, 0.6) is 5.75 Å². The van der Waals surface area contributed by atoms with Crippen LogP contribution in [0.15, 0.2) is 89.4 Å². The van der Waals surface area contributed by atoms with Gasteiger partial charge in [-0.2, -0.15) is 0 Å². The van der Waals surface area contributed by atoms with Crippen LogP contribution in [0.3, 0.4) is 0 Å². The Kier molecular flexibility index (Phi) is 6.79. The van der Waals surface area contributed by atoms with E-state index in [1.54, 1.807) is 0 Å². The van der Waals surface area contributed by atoms with Crippen molar-refractivity contribution >= 4 is 23.0 Å². The Hall–Kier alpha value is -3.99. The number of carbonyl (C=O) groups excluding carboxylic acids is 1. The molecular formula is C32H31NO4. The quantitative estimate of drug-likeness (QED) is 0.419. The lowest BCUT2D eigenvalue weighted by Gasteiger charge is -2.36. The zero-order valence-corrected chi connectivity index (χ0v) is 21.2. The van der Waals surface area contributed by atoms with Crippen molar-refractivity contribution in [2.24, 2.45) is 10.4 Å². The lowest BCUT2D eigenvalue weighted by atomic mass is 9.68. The number of ketones is 1. The number of fused-ring (bicyclic) bond motifs is 2. The van der Waals surface area contributed by atoms with Gasteiger partial charge in [-0.3, -0.25) is 9.79 Å². The summed E-state index contributed by atoms with van der Waals surface area (Å²) in [6, 6.07) is 24.0. The summed E-state index contributed by atoms with van der Waals surface area (Å²) in [6.07, 6.45) is 2.64. The fourth-order valence-corrected chi connectivity index (χ4v) is 5.17. The average molecular weight is 494 g/mol. The summed E-state index contributed by atoms with van der Waals surface area (Å²) in [6.45, 7) is 4.92. The number of ether oxygens (including phenoxy) is 1. The number of nitrogens with zero attached hydrogens (tertiary/aromatic N) is 1. The van der Waals surface area contributed by atoms with Crippen LogP contribution in [0.2, 0.25) is 0 Å². The molecule has 0 amide bonds. The Balaban J connectivity index is 1.38. The molecular weight excluding hydrogens is 462 g/mol. The second kappa shape index (κ2) is 10.2. The minimum absolute atomic E-state index is 0.125. The number of benzene rings is 3. The molecule has 0 heterocycles. The third-order valence-electron chi connectivity index (χ3n) is 7.24. The molecule has 3 aromatic carbocycles. The van der Waals surface area contributed by atoms with Gasteiger partial charge < -0.3 is 9.84 Å². The highest BCUT2D eigenvalue weighted by Gasteiger charge is 2.37. The number of carboxylic acids is 1. The highest BCUT2D eigenvalue weighted by Crippen LogP contribution is 2.46. The van der Waals surface area contributed by atoms with Gasteiger partial charge in [0, 0.05) is 17.6 Å². The molecule has 1 atom stereocenters. The molecule has 0 radical (unpaired) electrons. The number of aliphatic imine (C=N–C) groups is 1. The van der Waals surface area contributed by atoms with Crippen LogP contribution >= 0.6 is 0 Å². The number of Topliss-reactive ketones (excluding diaryl/α,β-unsaturated/α-hetero) is 1. The Morgan fingerprint density at radius 1 is 0.919 bits per heavy atom. The average Bonchev–Trinajstić information content (AvgIpc) is 2.90. The molecule has 2 aliphatic rings. The van der Waals surface area contributed by atoms with Gasteiger partial charge in [0.05, 0.1) is 0 Å². The fraction of sp³-hybridized carbons (Fsp3) is 0.281. The monoisotopic (exact) mass is 493 g/mol. The van der Waals surface area contributed by atoms with Crippen LogP contribution in [0, 0.1) is 5.41 Å². The van der Waals surface area contributed by atoms with Crippen molar-refractivity contribution in [3.05, 3.63) is 107 Å². The summed E-state index contributed by atoms with van der Waals surface area (Å²) < 4.78 is 5.85. The van der Waals surface area contributed by atoms with Crippen molar-refractivity contribution < 1.29 is 19.4 Å². The summed E-state index contributed by atoms with van der Waals surface area (Å²) in [5.74, 6) is -0.464. The van der Waals surface area contributed by atoms with Crippen molar-refractivity contribution in [1.82, 2.24) is 0 Å². The van der Waals surface area contributed by atoms with Crippen molar-refractivity contribution in [3.8, 4) is 5.75 Å². The number of carboxylic acid groups (broad SMARTS) is 1. The predicted octanol–water partition coefficient (Wildman–Crippen LogP) is 6.30. The normalized spacial score (nSPS) is 18.2. The number of aliphatic carboxylic acids is 1. The first-order valence-corrected chi connectivity index (χ1v) is 12.7. The predicted molar refractivity (Wildman–Crippen MR) is 145 cm³/mol. The second-order valence-electron chi connectivity index (χ2n) is 10.6. The zero-order chi connectivity index (χ0) is 26.0. The smallest absolute Gasteiger partial charge is 0.328 e. The summed E-state index contributed by atoms with van der Waals surface area (Å²) in [5, 5.41) is 10.0. The van der Waals surface area contributed by atoms with E-state index >= 15 is 0 Å². The lowest BCUT2D eigenvalue weighted by Crippen LogP contribution is -2.32. The van der Waals surface area contributed by atoms with E-state index in [-0.39, 0.29) is 23.3 Å². The molecule has 1 N–H and O–H groups in total. The number of allylic oxidation sites excluding steroid dienone is 2. The first-order chi connectivity index (χ1) is 17.8. The molecule has 0 aromatic heterocycles. The summed E-state index contributed by atoms with van der Waals surface area (Å²) in [4.78, 5) is 30.4. The zero-order valence-electron chi connectivity index (χ0n) is 21.2. The molecule has 2 aliphatic carbocycles. The topological polar surface area (TPSA) is 76.0 Å². The van der Waals surface area contributed by atoms with Gasteiger partial charge in [-0.05, 0) is 59.1 Å². The van der Waals surface area contributed by atoms with Crippen LogP contribution in [0.4, 0.5) is 0 Å². The molecule has 0 saturated heterocycles. The summed E-state index contributed by atoms with van der Waals surface area (Å²) in [5.41, 5.74) is 5.92. The van der Waals surface area contributed by atoms with Crippen LogP contribution in [0.25, 0.3) is 5.57 Å². The van der Waals surface area contributed by atoms with Crippen molar-refractivity contribution in [2.45, 2.75) is 52.2 Å². The molecule has 0 saturated carbocycles. The third kappa shape index (κ3) is 5.41. The maximum atomic E-state index is 13.6. The number of carbonyl (C=O) groups is 2. The van der Waals surface area contributed by atoms with E-state index in [2.05, 4.69) is 18.8 Å². The van der Waals surface area contributed by atoms with Crippen molar-refractivity contribution in [1.29, 1.82) is 0 Å². The van der Waals surface area contributed by atoms with Crippen molar-refractivity contribution in [2.75, 3.05) is 0 Å². The Bertz CT molecular complexity index is 1380. The molecule has 1 unspecified atom stereocenters. The highest BCUT2D eigenvalue weighted by molar-refractivity contribution is 6.54. The first kappa shape index (κ1) is 24.7. The van der Waals surface area contributed by atoms with Crippen LogP contribution in [0.1, 0.15) is 55.4 Å². The Morgan fingerprint density at radius 3 is 2.30 bits per heavy atom. The number of rotatable bonds is 7. The molecule has 37 heavy (non-hydrogen) atoms. The highest BCUT2D eigenvalue weighted by atomic mass is 16.5. The lowest BCUT2D eigenvalue weighted by molar-refractivity contribution is -0.138. The standard InChI is InChI=1S/C32H31NO4/c1-32(2)17-16-26-27(19-32)24-10-6-7-11-25(24)29(30(26)34)33-28(31(35)36)18-21-12-14-23(15-13-21)37-20-22-8-4-3-5-9-22/h3-15,28H,16-20H2,1-2H3,(H,35,36). The second-order valence-corrected chi connectivity index (χ2v) is 10.6. The van der Waals surface area contributed by atoms with Gasteiger partial charge in [0.25, 0.3) is 0 Å². The van der Waals surface area contributed by atoms with E-state index in [0.29, 0.717) is 18.8 Å². The van der Waals surface area contributed by atoms with E-state index in [9.17, 15) is 14.7 Å². The maximum Gasteiger partial charge on any atom is 0.328 e. The summed E-state index contributed by atoms with van der Waals surface area (Å²) >= 11 is 0. The third-order valence-corrected chi connectivity index (χ3v) is 7.24. The van der Waals surface area contributed by atoms with E-state index in [0.717, 1.165) is 46.2 Å². The van der Waals surface area contributed by atoms with E-state index in [1.807, 2.05) is 78.9 Å². The molecule has 5 rings (SSSR count). The van der Waals surface area contributed by atoms with Gasteiger partial charge in [-0.25, -0.2) is 4.79 Å². The van der Waals surface area contributed by atoms with Crippen LogP contribution < -0.4 is 4.74 Å². The van der Waals surface area contributed by atoms with Gasteiger partial charge >= 0.3 is 5.97 Å². The maximum absolute atomic E-state index is 13.6. The molecule has 0 aliphatic heterocycles. The number of hydrogen-bond donors (Lipinski definition) is 1. The van der Waals surface area contributed by atoms with E-state index < -0.39 is 12.0 Å². The van der Waals surface area contributed by atoms with E-state index in [4.69, 9.17) is 4.74 Å². The molecule has 5 nitrogen and oxygen atoms in total. The fourth-order valence-electron chi connectivity index (χ4n) is 5.17. The molecule has 0 bridgehead atoms. The molecule has 3 aromatic rings. The van der Waals surface area contributed by atoms with Crippen LogP contribution in [-0.2, 0) is 22.6 Å². The first-order valence-electron chi connectivity index (χ1n) is 12.7. The van der Waals surface area contributed by atoms with Gasteiger partial charge in [0.2, 0.25) is 5.78 Å². The Morgan fingerprint density at radius 2 is 1.59 bits per heavy atom. The molecule has 0 fully saturated rings. The minimum Gasteiger partial charge on any atom is -0.489 e. The van der Waals surface area contributed by atoms with Crippen molar-refractivity contribution in [3.63, 3.8) is 0 Å². The largest absolute Gasteiger partial charge is 0.489 e. The number of hydrogen-bond acceptors (Lipinski definition) is 4. The summed E-state index contributed by atoms with van der Waals surface area (Å²) in [7, 11) is 0. The minimum atomic E-state index is -1.06. The SMILES string of the molecule is CC1(C)CCC2=C(C1)c1ccccc1C(=NC(Cc1ccc(OCc3ccccc3)cc1)C(=O)O)C2=O. The molecule has 188 valence electrons.